The summed E-state index contributed by atoms with van der Waals surface area (Å²) in [7, 11) is 0. The minimum absolute atomic E-state index is 0.0784. The molecule has 1 aromatic heterocycles. The molecule has 0 aliphatic carbocycles. The number of hydrogen-bond donors (Lipinski definition) is 2. The molecule has 2 N–H and O–H groups in total. The fourth-order valence-corrected chi connectivity index (χ4v) is 4.37. The number of likely N-dealkylation sites (tertiary alicyclic amines) is 1. The number of carbonyl (C=O) groups excluding carboxylic acids is 3. The summed E-state index contributed by atoms with van der Waals surface area (Å²) in [4.78, 5) is 48.5. The average molecular weight is 508 g/mol. The Morgan fingerprint density at radius 1 is 0.973 bits per heavy atom. The van der Waals surface area contributed by atoms with E-state index in [1.54, 1.807) is 0 Å². The first kappa shape index (κ1) is 25.9. The van der Waals surface area contributed by atoms with Gasteiger partial charge in [0.05, 0.1) is 5.92 Å². The Labute approximate surface area is 213 Å². The summed E-state index contributed by atoms with van der Waals surface area (Å²) >= 11 is 0. The van der Waals surface area contributed by atoms with Gasteiger partial charge in [-0.25, -0.2) is 18.7 Å². The Morgan fingerprint density at radius 2 is 1.68 bits per heavy atom. The molecule has 2 aromatic carbocycles. The Hall–Kier alpha value is -4.21. The second-order valence-electron chi connectivity index (χ2n) is 8.78. The van der Waals surface area contributed by atoms with Crippen LogP contribution >= 0.6 is 0 Å². The SMILES string of the molecule is CCC(C(=O)N1CCC(NC(=O)c2nccnc2NC(=O)c2ccc(F)c(F)c2)CC1)c1ccccc1. The van der Waals surface area contributed by atoms with Crippen LogP contribution in [0.15, 0.2) is 60.9 Å². The molecule has 192 valence electrons. The quantitative estimate of drug-likeness (QED) is 0.505. The first-order valence-corrected chi connectivity index (χ1v) is 12.1. The molecule has 1 unspecified atom stereocenters. The summed E-state index contributed by atoms with van der Waals surface area (Å²) in [6.45, 7) is 3.01. The molecular formula is C27H27F2N5O3. The number of carbonyl (C=O) groups is 3. The molecule has 0 bridgehead atoms. The molecule has 1 aliphatic heterocycles. The van der Waals surface area contributed by atoms with E-state index in [9.17, 15) is 23.2 Å². The van der Waals surface area contributed by atoms with Crippen molar-refractivity contribution in [3.05, 3.63) is 89.4 Å². The van der Waals surface area contributed by atoms with Crippen molar-refractivity contribution in [2.24, 2.45) is 0 Å². The number of halogens is 2. The maximum Gasteiger partial charge on any atom is 0.273 e. The lowest BCUT2D eigenvalue weighted by Gasteiger charge is -2.34. The van der Waals surface area contributed by atoms with Crippen molar-refractivity contribution in [2.45, 2.75) is 38.1 Å². The molecule has 10 heteroatoms. The van der Waals surface area contributed by atoms with Crippen LogP contribution in [-0.2, 0) is 4.79 Å². The third-order valence-corrected chi connectivity index (χ3v) is 6.38. The number of nitrogens with one attached hydrogen (secondary N) is 2. The van der Waals surface area contributed by atoms with Crippen molar-refractivity contribution in [3.8, 4) is 0 Å². The molecule has 1 saturated heterocycles. The number of nitrogens with zero attached hydrogens (tertiary/aromatic N) is 3. The van der Waals surface area contributed by atoms with E-state index >= 15 is 0 Å². The maximum absolute atomic E-state index is 13.5. The van der Waals surface area contributed by atoms with Crippen LogP contribution in [0, 0.1) is 11.6 Å². The van der Waals surface area contributed by atoms with Crippen LogP contribution in [0.3, 0.4) is 0 Å². The van der Waals surface area contributed by atoms with Gasteiger partial charge in [0.1, 0.15) is 0 Å². The van der Waals surface area contributed by atoms with Gasteiger partial charge in [0.15, 0.2) is 23.1 Å². The molecular weight excluding hydrogens is 480 g/mol. The lowest BCUT2D eigenvalue weighted by atomic mass is 9.93. The predicted octanol–water partition coefficient (Wildman–Crippen LogP) is 3.92. The summed E-state index contributed by atoms with van der Waals surface area (Å²) in [5.41, 5.74) is 0.756. The summed E-state index contributed by atoms with van der Waals surface area (Å²) < 4.78 is 26.7. The van der Waals surface area contributed by atoms with Crippen LogP contribution < -0.4 is 10.6 Å². The Morgan fingerprint density at radius 3 is 2.35 bits per heavy atom. The highest BCUT2D eigenvalue weighted by Crippen LogP contribution is 2.24. The topological polar surface area (TPSA) is 104 Å². The van der Waals surface area contributed by atoms with Gasteiger partial charge >= 0.3 is 0 Å². The molecule has 0 spiro atoms. The Kier molecular flexibility index (Phi) is 8.17. The summed E-state index contributed by atoms with van der Waals surface area (Å²) in [5.74, 6) is -3.76. The van der Waals surface area contributed by atoms with Crippen LogP contribution in [0.4, 0.5) is 14.6 Å². The van der Waals surface area contributed by atoms with E-state index in [4.69, 9.17) is 0 Å². The van der Waals surface area contributed by atoms with E-state index in [-0.39, 0.29) is 34.9 Å². The van der Waals surface area contributed by atoms with Gasteiger partial charge in [-0.1, -0.05) is 37.3 Å². The number of aromatic nitrogens is 2. The number of anilines is 1. The van der Waals surface area contributed by atoms with Gasteiger partial charge in [0, 0.05) is 37.1 Å². The number of piperidine rings is 1. The first-order valence-electron chi connectivity index (χ1n) is 12.1. The van der Waals surface area contributed by atoms with Gasteiger partial charge < -0.3 is 15.5 Å². The van der Waals surface area contributed by atoms with Crippen molar-refractivity contribution in [3.63, 3.8) is 0 Å². The molecule has 2 heterocycles. The van der Waals surface area contributed by atoms with Crippen molar-refractivity contribution in [1.29, 1.82) is 0 Å². The van der Waals surface area contributed by atoms with Crippen LogP contribution in [0.2, 0.25) is 0 Å². The number of rotatable bonds is 7. The largest absolute Gasteiger partial charge is 0.348 e. The van der Waals surface area contributed by atoms with Gasteiger partial charge in [-0.3, -0.25) is 14.4 Å². The summed E-state index contributed by atoms with van der Waals surface area (Å²) in [5, 5.41) is 5.33. The highest BCUT2D eigenvalue weighted by molar-refractivity contribution is 6.07. The molecule has 0 saturated carbocycles. The van der Waals surface area contributed by atoms with E-state index in [0.29, 0.717) is 32.4 Å². The zero-order valence-corrected chi connectivity index (χ0v) is 20.3. The van der Waals surface area contributed by atoms with Crippen molar-refractivity contribution in [2.75, 3.05) is 18.4 Å². The second-order valence-corrected chi connectivity index (χ2v) is 8.78. The summed E-state index contributed by atoms with van der Waals surface area (Å²) in [6, 6.07) is 12.2. The van der Waals surface area contributed by atoms with Crippen molar-refractivity contribution in [1.82, 2.24) is 20.2 Å². The highest BCUT2D eigenvalue weighted by Gasteiger charge is 2.29. The molecule has 37 heavy (non-hydrogen) atoms. The van der Waals surface area contributed by atoms with Gasteiger partial charge in [0.25, 0.3) is 11.8 Å². The minimum Gasteiger partial charge on any atom is -0.348 e. The monoisotopic (exact) mass is 507 g/mol. The first-order chi connectivity index (χ1) is 17.9. The third kappa shape index (κ3) is 6.14. The summed E-state index contributed by atoms with van der Waals surface area (Å²) in [6.07, 6.45) is 4.46. The number of benzene rings is 2. The molecule has 1 aliphatic rings. The Bertz CT molecular complexity index is 1280. The average Bonchev–Trinajstić information content (AvgIpc) is 2.92. The highest BCUT2D eigenvalue weighted by atomic mass is 19.2. The minimum atomic E-state index is -1.16. The fraction of sp³-hybridized carbons (Fsp3) is 0.296. The van der Waals surface area contributed by atoms with Gasteiger partial charge in [-0.2, -0.15) is 0 Å². The maximum atomic E-state index is 13.5. The van der Waals surface area contributed by atoms with E-state index in [1.807, 2.05) is 42.2 Å². The molecule has 0 radical (unpaired) electrons. The lowest BCUT2D eigenvalue weighted by Crippen LogP contribution is -2.48. The molecule has 8 nitrogen and oxygen atoms in total. The normalized spacial score (nSPS) is 14.6. The lowest BCUT2D eigenvalue weighted by molar-refractivity contribution is -0.134. The second kappa shape index (κ2) is 11.7. The van der Waals surface area contributed by atoms with Crippen LogP contribution in [0.5, 0.6) is 0 Å². The fourth-order valence-electron chi connectivity index (χ4n) is 4.37. The van der Waals surface area contributed by atoms with Gasteiger partial charge in [-0.05, 0) is 43.0 Å². The Balaban J connectivity index is 1.36. The predicted molar refractivity (Wildman–Crippen MR) is 133 cm³/mol. The van der Waals surface area contributed by atoms with Crippen LogP contribution in [0.1, 0.15) is 58.5 Å². The number of hydrogen-bond acceptors (Lipinski definition) is 5. The van der Waals surface area contributed by atoms with Crippen LogP contribution in [-0.4, -0.2) is 51.7 Å². The van der Waals surface area contributed by atoms with Crippen molar-refractivity contribution >= 4 is 23.5 Å². The van der Waals surface area contributed by atoms with Gasteiger partial charge in [0.2, 0.25) is 5.91 Å². The van der Waals surface area contributed by atoms with E-state index in [2.05, 4.69) is 20.6 Å². The van der Waals surface area contributed by atoms with E-state index in [1.165, 1.54) is 12.4 Å². The van der Waals surface area contributed by atoms with E-state index in [0.717, 1.165) is 23.8 Å². The smallest absolute Gasteiger partial charge is 0.273 e. The molecule has 4 rings (SSSR count). The van der Waals surface area contributed by atoms with Crippen molar-refractivity contribution < 1.29 is 23.2 Å². The standard InChI is InChI=1S/C27H27F2N5O3/c1-2-20(17-6-4-3-5-7-17)27(37)34-14-10-19(11-15-34)32-26(36)23-24(31-13-12-30-23)33-25(35)18-8-9-21(28)22(29)16-18/h3-9,12-13,16,19-20H,2,10-11,14-15H2,1H3,(H,32,36)(H,31,33,35). The zero-order chi connectivity index (χ0) is 26.4. The van der Waals surface area contributed by atoms with Crippen LogP contribution in [0.25, 0.3) is 0 Å². The molecule has 3 amide bonds. The molecule has 1 fully saturated rings. The molecule has 1 atom stereocenters. The number of amides is 3. The van der Waals surface area contributed by atoms with E-state index < -0.39 is 23.4 Å². The third-order valence-electron chi connectivity index (χ3n) is 6.38. The zero-order valence-electron chi connectivity index (χ0n) is 20.3. The molecule has 3 aromatic rings. The van der Waals surface area contributed by atoms with Gasteiger partial charge in [-0.15, -0.1) is 0 Å².